The highest BCUT2D eigenvalue weighted by Gasteiger charge is 2.41. The second-order valence-corrected chi connectivity index (χ2v) is 7.30. The smallest absolute Gasteiger partial charge is 0.320 e. The number of nitrogens with zero attached hydrogens (tertiary/aromatic N) is 1. The number of carbonyl (C=O) groups is 1. The summed E-state index contributed by atoms with van der Waals surface area (Å²) in [5, 5.41) is 1.03. The largest absolute Gasteiger partial charge is 0.497 e. The Morgan fingerprint density at radius 1 is 1.19 bits per heavy atom. The summed E-state index contributed by atoms with van der Waals surface area (Å²) < 4.78 is 13.8. The Bertz CT molecular complexity index is 946. The summed E-state index contributed by atoms with van der Waals surface area (Å²) in [6.45, 7) is 4.08. The van der Waals surface area contributed by atoms with Crippen molar-refractivity contribution in [3.8, 4) is 5.75 Å². The molecule has 136 valence electrons. The van der Waals surface area contributed by atoms with Crippen LogP contribution in [0.15, 0.2) is 53.1 Å². The molecule has 0 saturated carbocycles. The third-order valence-corrected chi connectivity index (χ3v) is 5.34. The van der Waals surface area contributed by atoms with Crippen LogP contribution in [0.25, 0.3) is 10.9 Å². The van der Waals surface area contributed by atoms with Crippen LogP contribution >= 0.6 is 15.9 Å². The van der Waals surface area contributed by atoms with Crippen LogP contribution in [-0.2, 0) is 22.0 Å². The number of aromatic nitrogens is 1. The van der Waals surface area contributed by atoms with Gasteiger partial charge in [0.05, 0.1) is 13.7 Å². The van der Waals surface area contributed by atoms with Crippen molar-refractivity contribution in [2.24, 2.45) is 7.05 Å². The van der Waals surface area contributed by atoms with E-state index in [4.69, 9.17) is 9.47 Å². The topological polar surface area (TPSA) is 40.5 Å². The van der Waals surface area contributed by atoms with E-state index in [0.717, 1.165) is 32.3 Å². The first-order chi connectivity index (χ1) is 12.4. The van der Waals surface area contributed by atoms with Crippen molar-refractivity contribution in [1.29, 1.82) is 0 Å². The minimum atomic E-state index is -0.921. The minimum Gasteiger partial charge on any atom is -0.497 e. The molecule has 4 nitrogen and oxygen atoms in total. The van der Waals surface area contributed by atoms with Crippen molar-refractivity contribution in [3.63, 3.8) is 0 Å². The van der Waals surface area contributed by atoms with Crippen LogP contribution in [0.3, 0.4) is 0 Å². The molecule has 5 heteroatoms. The molecule has 1 atom stereocenters. The number of carbonyl (C=O) groups excluding carboxylic acids is 1. The summed E-state index contributed by atoms with van der Waals surface area (Å²) in [6.07, 6.45) is 2.01. The summed E-state index contributed by atoms with van der Waals surface area (Å²) >= 11 is 3.52. The summed E-state index contributed by atoms with van der Waals surface area (Å²) in [4.78, 5) is 13.1. The van der Waals surface area contributed by atoms with Gasteiger partial charge in [0.15, 0.2) is 0 Å². The molecule has 3 rings (SSSR count). The fourth-order valence-corrected chi connectivity index (χ4v) is 3.69. The van der Waals surface area contributed by atoms with Crippen molar-refractivity contribution in [2.45, 2.75) is 19.3 Å². The van der Waals surface area contributed by atoms with Gasteiger partial charge in [-0.1, -0.05) is 34.1 Å². The second-order valence-electron chi connectivity index (χ2n) is 6.39. The zero-order valence-electron chi connectivity index (χ0n) is 15.4. The molecular weight excluding hydrogens is 394 g/mol. The Labute approximate surface area is 161 Å². The lowest BCUT2D eigenvalue weighted by Crippen LogP contribution is -2.35. The van der Waals surface area contributed by atoms with Crippen molar-refractivity contribution >= 4 is 32.8 Å². The van der Waals surface area contributed by atoms with Gasteiger partial charge in [-0.05, 0) is 49.2 Å². The van der Waals surface area contributed by atoms with Crippen molar-refractivity contribution in [3.05, 3.63) is 64.3 Å². The van der Waals surface area contributed by atoms with Gasteiger partial charge in [-0.3, -0.25) is 4.79 Å². The zero-order chi connectivity index (χ0) is 18.9. The van der Waals surface area contributed by atoms with Gasteiger partial charge in [-0.25, -0.2) is 0 Å². The van der Waals surface area contributed by atoms with Crippen LogP contribution in [0.4, 0.5) is 0 Å². The maximum absolute atomic E-state index is 13.1. The number of benzene rings is 2. The number of fused-ring (bicyclic) bond motifs is 1. The van der Waals surface area contributed by atoms with E-state index in [9.17, 15) is 4.79 Å². The van der Waals surface area contributed by atoms with E-state index in [1.54, 1.807) is 7.11 Å². The van der Waals surface area contributed by atoms with Gasteiger partial charge < -0.3 is 14.0 Å². The summed E-state index contributed by atoms with van der Waals surface area (Å²) in [5.41, 5.74) is 1.92. The van der Waals surface area contributed by atoms with Gasteiger partial charge in [0.25, 0.3) is 0 Å². The molecule has 0 N–H and O–H groups in total. The number of hydrogen-bond donors (Lipinski definition) is 0. The van der Waals surface area contributed by atoms with Crippen molar-refractivity contribution in [2.75, 3.05) is 13.7 Å². The van der Waals surface area contributed by atoms with E-state index in [1.165, 1.54) is 0 Å². The van der Waals surface area contributed by atoms with Crippen LogP contribution in [0.5, 0.6) is 5.75 Å². The molecule has 0 bridgehead atoms. The molecule has 0 fully saturated rings. The van der Waals surface area contributed by atoms with E-state index < -0.39 is 5.41 Å². The molecule has 0 aliphatic carbocycles. The van der Waals surface area contributed by atoms with Crippen molar-refractivity contribution < 1.29 is 14.3 Å². The maximum Gasteiger partial charge on any atom is 0.320 e. The Balaban J connectivity index is 2.26. The highest BCUT2D eigenvalue weighted by atomic mass is 79.9. The lowest BCUT2D eigenvalue weighted by molar-refractivity contribution is -0.147. The van der Waals surface area contributed by atoms with Crippen LogP contribution in [0.2, 0.25) is 0 Å². The standard InChI is InChI=1S/C21H22BrNO3/c1-5-26-20(24)21(2,14-6-9-16(25-4)10-7-14)18-13-23(3)19-12-15(22)8-11-17(18)19/h6-13H,5H2,1-4H3. The molecule has 0 saturated heterocycles. The minimum absolute atomic E-state index is 0.263. The number of rotatable bonds is 5. The Hall–Kier alpha value is -2.27. The fourth-order valence-electron chi connectivity index (χ4n) is 3.34. The zero-order valence-corrected chi connectivity index (χ0v) is 17.0. The molecular formula is C21H22BrNO3. The van der Waals surface area contributed by atoms with Gasteiger partial charge in [0.1, 0.15) is 11.2 Å². The molecule has 0 spiro atoms. The average molecular weight is 416 g/mol. The lowest BCUT2D eigenvalue weighted by atomic mass is 9.76. The number of hydrogen-bond acceptors (Lipinski definition) is 3. The first kappa shape index (κ1) is 18.5. The number of halogens is 1. The monoisotopic (exact) mass is 415 g/mol. The van der Waals surface area contributed by atoms with Crippen molar-refractivity contribution in [1.82, 2.24) is 4.57 Å². The quantitative estimate of drug-likeness (QED) is 0.560. The highest BCUT2D eigenvalue weighted by molar-refractivity contribution is 9.10. The highest BCUT2D eigenvalue weighted by Crippen LogP contribution is 2.39. The third-order valence-electron chi connectivity index (χ3n) is 4.84. The molecule has 1 unspecified atom stereocenters. The van der Waals surface area contributed by atoms with E-state index in [2.05, 4.69) is 22.0 Å². The Morgan fingerprint density at radius 2 is 1.88 bits per heavy atom. The number of esters is 1. The van der Waals surface area contributed by atoms with Crippen LogP contribution in [-0.4, -0.2) is 24.3 Å². The predicted octanol–water partition coefficient (Wildman–Crippen LogP) is 4.82. The molecule has 2 aromatic carbocycles. The SMILES string of the molecule is CCOC(=O)C(C)(c1ccc(OC)cc1)c1cn(C)c2cc(Br)ccc12. The number of aryl methyl sites for hydroxylation is 1. The van der Waals surface area contributed by atoms with E-state index in [1.807, 2.05) is 68.1 Å². The maximum atomic E-state index is 13.1. The summed E-state index contributed by atoms with van der Waals surface area (Å²) in [6, 6.07) is 13.7. The van der Waals surface area contributed by atoms with E-state index >= 15 is 0 Å². The number of ether oxygens (including phenoxy) is 2. The molecule has 0 radical (unpaired) electrons. The first-order valence-electron chi connectivity index (χ1n) is 8.48. The van der Waals surface area contributed by atoms with Gasteiger partial charge in [-0.15, -0.1) is 0 Å². The van der Waals surface area contributed by atoms with Gasteiger partial charge in [0, 0.05) is 28.6 Å². The lowest BCUT2D eigenvalue weighted by Gasteiger charge is -2.28. The summed E-state index contributed by atoms with van der Waals surface area (Å²) in [5.74, 6) is 0.488. The number of methoxy groups -OCH3 is 1. The van der Waals surface area contributed by atoms with Gasteiger partial charge >= 0.3 is 5.97 Å². The van der Waals surface area contributed by atoms with E-state index in [0.29, 0.717) is 6.61 Å². The van der Waals surface area contributed by atoms with Gasteiger partial charge in [-0.2, -0.15) is 0 Å². The third kappa shape index (κ3) is 3.01. The molecule has 3 aromatic rings. The second kappa shape index (κ2) is 7.16. The molecule has 0 aliphatic rings. The van der Waals surface area contributed by atoms with Crippen LogP contribution < -0.4 is 4.74 Å². The Morgan fingerprint density at radius 3 is 2.50 bits per heavy atom. The summed E-state index contributed by atoms with van der Waals surface area (Å²) in [7, 11) is 3.61. The molecule has 26 heavy (non-hydrogen) atoms. The Kier molecular flexibility index (Phi) is 5.10. The predicted molar refractivity (Wildman–Crippen MR) is 107 cm³/mol. The van der Waals surface area contributed by atoms with Crippen LogP contribution in [0.1, 0.15) is 25.0 Å². The average Bonchev–Trinajstić information content (AvgIpc) is 2.98. The normalized spacial score (nSPS) is 13.4. The van der Waals surface area contributed by atoms with Gasteiger partial charge in [0.2, 0.25) is 0 Å². The molecule has 0 amide bonds. The van der Waals surface area contributed by atoms with E-state index in [-0.39, 0.29) is 5.97 Å². The molecule has 0 aliphatic heterocycles. The van der Waals surface area contributed by atoms with Crippen LogP contribution in [0, 0.1) is 0 Å². The fraction of sp³-hybridized carbons (Fsp3) is 0.286. The molecule has 1 aromatic heterocycles. The molecule has 1 heterocycles. The first-order valence-corrected chi connectivity index (χ1v) is 9.28.